The van der Waals surface area contributed by atoms with Gasteiger partial charge in [-0.05, 0) is 55.3 Å². The topological polar surface area (TPSA) is 25.2 Å². The van der Waals surface area contributed by atoms with E-state index < -0.39 is 0 Å². The van der Waals surface area contributed by atoms with Gasteiger partial charge in [-0.15, -0.1) is 0 Å². The number of aryl methyl sites for hydroxylation is 1. The third-order valence-corrected chi connectivity index (χ3v) is 3.21. The van der Waals surface area contributed by atoms with Gasteiger partial charge >= 0.3 is 0 Å². The number of hydrogen-bond donors (Lipinski definition) is 1. The summed E-state index contributed by atoms with van der Waals surface area (Å²) in [5, 5.41) is 4.26. The van der Waals surface area contributed by atoms with E-state index in [4.69, 9.17) is 16.0 Å². The predicted molar refractivity (Wildman–Crippen MR) is 75.0 cm³/mol. The monoisotopic (exact) mass is 263 g/mol. The first-order valence-corrected chi connectivity index (χ1v) is 6.63. The van der Waals surface area contributed by atoms with Crippen LogP contribution in [0.15, 0.2) is 41.0 Å². The Morgan fingerprint density at radius 2 is 2.17 bits per heavy atom. The zero-order valence-corrected chi connectivity index (χ0v) is 11.5. The Hall–Kier alpha value is -1.25. The van der Waals surface area contributed by atoms with Gasteiger partial charge in [0.25, 0.3) is 0 Å². The number of rotatable bonds is 5. The zero-order chi connectivity index (χ0) is 13.0. The first-order chi connectivity index (χ1) is 8.72. The Kier molecular flexibility index (Phi) is 4.45. The Morgan fingerprint density at radius 3 is 2.83 bits per heavy atom. The summed E-state index contributed by atoms with van der Waals surface area (Å²) in [4.78, 5) is 0. The van der Waals surface area contributed by atoms with Crippen LogP contribution in [0, 0.1) is 6.92 Å². The van der Waals surface area contributed by atoms with E-state index in [0.717, 1.165) is 23.7 Å². The maximum absolute atomic E-state index is 6.10. The van der Waals surface area contributed by atoms with E-state index >= 15 is 0 Å². The van der Waals surface area contributed by atoms with Crippen LogP contribution in [0.2, 0.25) is 5.02 Å². The van der Waals surface area contributed by atoms with Gasteiger partial charge in [0.2, 0.25) is 0 Å². The van der Waals surface area contributed by atoms with Crippen LogP contribution in [0.5, 0.6) is 0 Å². The van der Waals surface area contributed by atoms with E-state index in [9.17, 15) is 0 Å². The molecule has 3 heteroatoms. The molecule has 0 bridgehead atoms. The van der Waals surface area contributed by atoms with Crippen LogP contribution >= 0.6 is 11.6 Å². The molecule has 0 saturated carbocycles. The van der Waals surface area contributed by atoms with E-state index in [1.54, 1.807) is 6.26 Å². The van der Waals surface area contributed by atoms with Gasteiger partial charge in [0, 0.05) is 5.02 Å². The summed E-state index contributed by atoms with van der Waals surface area (Å²) in [5.41, 5.74) is 2.38. The van der Waals surface area contributed by atoms with Gasteiger partial charge in [0.1, 0.15) is 5.76 Å². The van der Waals surface area contributed by atoms with Crippen LogP contribution < -0.4 is 5.32 Å². The molecule has 1 heterocycles. The molecule has 1 unspecified atom stereocenters. The van der Waals surface area contributed by atoms with E-state index in [2.05, 4.69) is 19.2 Å². The minimum atomic E-state index is 0.0682. The molecule has 2 nitrogen and oxygen atoms in total. The maximum atomic E-state index is 6.10. The molecule has 0 fully saturated rings. The Balaban J connectivity index is 2.36. The van der Waals surface area contributed by atoms with Crippen LogP contribution in [0.4, 0.5) is 0 Å². The van der Waals surface area contributed by atoms with Crippen LogP contribution in [-0.4, -0.2) is 6.54 Å². The quantitative estimate of drug-likeness (QED) is 0.869. The number of benzene rings is 1. The molecular weight excluding hydrogens is 246 g/mol. The van der Waals surface area contributed by atoms with Crippen molar-refractivity contribution in [2.75, 3.05) is 6.54 Å². The average Bonchev–Trinajstić information content (AvgIpc) is 2.88. The third-order valence-electron chi connectivity index (χ3n) is 2.98. The first kappa shape index (κ1) is 13.2. The summed E-state index contributed by atoms with van der Waals surface area (Å²) in [5.74, 6) is 0.925. The van der Waals surface area contributed by atoms with Gasteiger partial charge in [-0.3, -0.25) is 0 Å². The minimum Gasteiger partial charge on any atom is -0.467 e. The maximum Gasteiger partial charge on any atom is 0.125 e. The lowest BCUT2D eigenvalue weighted by Crippen LogP contribution is -2.23. The summed E-state index contributed by atoms with van der Waals surface area (Å²) in [6, 6.07) is 9.94. The Labute approximate surface area is 113 Å². The summed E-state index contributed by atoms with van der Waals surface area (Å²) in [7, 11) is 0. The second-order valence-electron chi connectivity index (χ2n) is 4.40. The summed E-state index contributed by atoms with van der Waals surface area (Å²) < 4.78 is 5.54. The Bertz CT molecular complexity index is 493. The molecule has 0 saturated heterocycles. The van der Waals surface area contributed by atoms with Crippen LogP contribution in [0.1, 0.15) is 36.3 Å². The largest absolute Gasteiger partial charge is 0.467 e. The molecule has 0 aliphatic carbocycles. The van der Waals surface area contributed by atoms with E-state index in [0.29, 0.717) is 0 Å². The highest BCUT2D eigenvalue weighted by atomic mass is 35.5. The van der Waals surface area contributed by atoms with Crippen LogP contribution in [0.3, 0.4) is 0 Å². The van der Waals surface area contributed by atoms with Crippen molar-refractivity contribution in [2.45, 2.75) is 26.3 Å². The lowest BCUT2D eigenvalue weighted by Gasteiger charge is -2.19. The van der Waals surface area contributed by atoms with Crippen molar-refractivity contribution >= 4 is 11.6 Å². The molecule has 0 amide bonds. The third kappa shape index (κ3) is 2.95. The fourth-order valence-electron chi connectivity index (χ4n) is 2.03. The van der Waals surface area contributed by atoms with E-state index in [1.165, 1.54) is 11.1 Å². The smallest absolute Gasteiger partial charge is 0.125 e. The van der Waals surface area contributed by atoms with Crippen molar-refractivity contribution in [1.82, 2.24) is 5.32 Å². The van der Waals surface area contributed by atoms with Crippen molar-refractivity contribution in [3.8, 4) is 0 Å². The molecule has 2 aromatic rings. The molecule has 96 valence electrons. The summed E-state index contributed by atoms with van der Waals surface area (Å²) in [6.45, 7) is 5.18. The normalized spacial score (nSPS) is 12.6. The highest BCUT2D eigenvalue weighted by molar-refractivity contribution is 6.30. The summed E-state index contributed by atoms with van der Waals surface area (Å²) >= 11 is 6.10. The zero-order valence-electron chi connectivity index (χ0n) is 10.7. The highest BCUT2D eigenvalue weighted by Crippen LogP contribution is 2.27. The first-order valence-electron chi connectivity index (χ1n) is 6.25. The van der Waals surface area contributed by atoms with Gasteiger partial charge < -0.3 is 9.73 Å². The fourth-order valence-corrected chi connectivity index (χ4v) is 2.21. The average molecular weight is 264 g/mol. The molecule has 1 aromatic carbocycles. The van der Waals surface area contributed by atoms with Gasteiger partial charge in [-0.2, -0.15) is 0 Å². The second kappa shape index (κ2) is 6.07. The summed E-state index contributed by atoms with van der Waals surface area (Å²) in [6.07, 6.45) is 2.78. The van der Waals surface area contributed by atoms with Gasteiger partial charge in [0.15, 0.2) is 0 Å². The predicted octanol–water partition coefficient (Wildman–Crippen LogP) is 4.33. The lowest BCUT2D eigenvalue weighted by molar-refractivity contribution is 0.446. The molecule has 0 radical (unpaired) electrons. The number of hydrogen-bond acceptors (Lipinski definition) is 2. The van der Waals surface area contributed by atoms with Gasteiger partial charge in [-0.25, -0.2) is 0 Å². The molecule has 0 aliphatic rings. The molecule has 18 heavy (non-hydrogen) atoms. The molecule has 0 aliphatic heterocycles. The molecule has 1 aromatic heterocycles. The molecular formula is C15H18ClNO. The van der Waals surface area contributed by atoms with Gasteiger partial charge in [0.05, 0.1) is 12.3 Å². The van der Waals surface area contributed by atoms with Crippen LogP contribution in [-0.2, 0) is 0 Å². The number of furan rings is 1. The highest BCUT2D eigenvalue weighted by Gasteiger charge is 2.18. The lowest BCUT2D eigenvalue weighted by atomic mass is 9.99. The SMILES string of the molecule is CCCNC(c1ccco1)c1cc(Cl)ccc1C. The fraction of sp³-hybridized carbons (Fsp3) is 0.333. The Morgan fingerprint density at radius 1 is 1.33 bits per heavy atom. The molecule has 0 spiro atoms. The number of halogens is 1. The van der Waals surface area contributed by atoms with Crippen molar-refractivity contribution in [3.63, 3.8) is 0 Å². The second-order valence-corrected chi connectivity index (χ2v) is 4.84. The van der Waals surface area contributed by atoms with Crippen molar-refractivity contribution in [2.24, 2.45) is 0 Å². The minimum absolute atomic E-state index is 0.0682. The van der Waals surface area contributed by atoms with Crippen molar-refractivity contribution in [3.05, 3.63) is 58.5 Å². The van der Waals surface area contributed by atoms with E-state index in [1.807, 2.05) is 30.3 Å². The molecule has 1 N–H and O–H groups in total. The van der Waals surface area contributed by atoms with Crippen LogP contribution in [0.25, 0.3) is 0 Å². The van der Waals surface area contributed by atoms with Crippen molar-refractivity contribution in [1.29, 1.82) is 0 Å². The van der Waals surface area contributed by atoms with E-state index in [-0.39, 0.29) is 6.04 Å². The standard InChI is InChI=1S/C15H18ClNO/c1-3-8-17-15(14-5-4-9-18-14)13-10-12(16)7-6-11(13)2/h4-7,9-10,15,17H,3,8H2,1-2H3. The van der Waals surface area contributed by atoms with Gasteiger partial charge in [-0.1, -0.05) is 24.6 Å². The molecule has 2 rings (SSSR count). The number of nitrogens with one attached hydrogen (secondary N) is 1. The molecule has 1 atom stereocenters. The van der Waals surface area contributed by atoms with Crippen molar-refractivity contribution < 1.29 is 4.42 Å².